The lowest BCUT2D eigenvalue weighted by Gasteiger charge is -1.97. The number of imidazole rings is 2. The average molecular weight is 352 g/mol. The van der Waals surface area contributed by atoms with E-state index in [1.165, 1.54) is 12.7 Å². The number of nitrogens with zero attached hydrogens (tertiary/aromatic N) is 6. The minimum absolute atomic E-state index is 0. The Labute approximate surface area is 135 Å². The third kappa shape index (κ3) is 2.77. The van der Waals surface area contributed by atoms with Gasteiger partial charge in [-0.05, 0) is 0 Å². The number of aromatic amines is 2. The van der Waals surface area contributed by atoms with Gasteiger partial charge in [0, 0.05) is 0 Å². The number of H-pyrrole nitrogens is 2. The second kappa shape index (κ2) is 6.16. The lowest BCUT2D eigenvalue weighted by molar-refractivity contribution is 0.180. The largest absolute Gasteiger partial charge is 0.422 e. The summed E-state index contributed by atoms with van der Waals surface area (Å²) in [6, 6.07) is 0. The van der Waals surface area contributed by atoms with E-state index in [0.29, 0.717) is 0 Å². The highest BCUT2D eigenvalue weighted by atomic mass is 16.5. The quantitative estimate of drug-likeness (QED) is 0.175. The van der Waals surface area contributed by atoms with Crippen LogP contribution in [0, 0.1) is 0 Å². The van der Waals surface area contributed by atoms with Crippen LogP contribution in [-0.4, -0.2) is 55.3 Å². The van der Waals surface area contributed by atoms with Gasteiger partial charge in [-0.1, -0.05) is 0 Å². The molecular formula is C10H12N10O5. The molecule has 0 saturated carbocycles. The van der Waals surface area contributed by atoms with Crippen molar-refractivity contribution in [3.05, 3.63) is 33.4 Å². The van der Waals surface area contributed by atoms with E-state index in [4.69, 9.17) is 21.9 Å². The van der Waals surface area contributed by atoms with Gasteiger partial charge in [-0.15, -0.1) is 9.46 Å². The molecule has 15 heteroatoms. The van der Waals surface area contributed by atoms with Crippen LogP contribution in [0.25, 0.3) is 22.3 Å². The number of nitrogens with two attached hydrogens (primary N) is 2. The highest BCUT2D eigenvalue weighted by Crippen LogP contribution is 2.02. The smallest absolute Gasteiger partial charge is 0.313 e. The van der Waals surface area contributed by atoms with Gasteiger partial charge in [0.25, 0.3) is 0 Å². The Morgan fingerprint density at radius 3 is 1.56 bits per heavy atom. The van der Waals surface area contributed by atoms with Crippen molar-refractivity contribution in [1.29, 1.82) is 0 Å². The molecule has 0 aliphatic rings. The monoisotopic (exact) mass is 352 g/mol. The second-order valence-electron chi connectivity index (χ2n) is 4.38. The highest BCUT2D eigenvalue weighted by Gasteiger charge is 2.09. The Kier molecular flexibility index (Phi) is 4.24. The lowest BCUT2D eigenvalue weighted by Crippen LogP contribution is -2.22. The summed E-state index contributed by atoms with van der Waals surface area (Å²) in [7, 11) is 0. The van der Waals surface area contributed by atoms with Gasteiger partial charge in [-0.25, -0.2) is 9.97 Å². The fraction of sp³-hybridized carbons (Fsp3) is 0. The first-order valence-corrected chi connectivity index (χ1v) is 6.22. The predicted molar refractivity (Wildman–Crippen MR) is 83.1 cm³/mol. The van der Waals surface area contributed by atoms with E-state index in [1.807, 2.05) is 0 Å². The maximum absolute atomic E-state index is 11.1. The van der Waals surface area contributed by atoms with Gasteiger partial charge in [-0.3, -0.25) is 9.59 Å². The van der Waals surface area contributed by atoms with Crippen LogP contribution >= 0.6 is 0 Å². The molecule has 132 valence electrons. The summed E-state index contributed by atoms with van der Waals surface area (Å²) in [6.45, 7) is 0. The molecule has 25 heavy (non-hydrogen) atoms. The van der Waals surface area contributed by atoms with Crippen molar-refractivity contribution in [1.82, 2.24) is 39.4 Å². The molecule has 0 saturated heterocycles. The Morgan fingerprint density at radius 1 is 0.840 bits per heavy atom. The molecule has 0 bridgehead atoms. The van der Waals surface area contributed by atoms with Crippen LogP contribution in [-0.2, 0) is 0 Å². The number of rotatable bonds is 0. The van der Waals surface area contributed by atoms with E-state index < -0.39 is 11.1 Å². The summed E-state index contributed by atoms with van der Waals surface area (Å²) >= 11 is 0. The number of hydrogen-bond acceptors (Lipinski definition) is 10. The zero-order valence-electron chi connectivity index (χ0n) is 12.2. The average Bonchev–Trinajstić information content (AvgIpc) is 3.20. The summed E-state index contributed by atoms with van der Waals surface area (Å²) in [5.74, 6) is -0.556. The molecule has 0 amide bonds. The van der Waals surface area contributed by atoms with Crippen molar-refractivity contribution in [2.24, 2.45) is 0 Å². The summed E-state index contributed by atoms with van der Waals surface area (Å²) in [5.41, 5.74) is 9.73. The zero-order valence-corrected chi connectivity index (χ0v) is 12.2. The van der Waals surface area contributed by atoms with Crippen molar-refractivity contribution < 1.29 is 15.9 Å². The molecule has 0 radical (unpaired) electrons. The predicted octanol–water partition coefficient (Wildman–Crippen LogP) is -2.95. The molecule has 15 nitrogen and oxygen atoms in total. The van der Waals surface area contributed by atoms with Gasteiger partial charge in [-0.2, -0.15) is 9.97 Å². The van der Waals surface area contributed by atoms with Crippen molar-refractivity contribution >= 4 is 34.2 Å². The van der Waals surface area contributed by atoms with Crippen LogP contribution in [0.15, 0.2) is 22.2 Å². The van der Waals surface area contributed by atoms with Gasteiger partial charge in [0.05, 0.1) is 12.7 Å². The first-order valence-electron chi connectivity index (χ1n) is 6.22. The molecule has 0 unspecified atom stereocenters. The molecule has 4 aromatic heterocycles. The van der Waals surface area contributed by atoms with E-state index >= 15 is 0 Å². The first-order chi connectivity index (χ1) is 11.4. The molecule has 0 spiro atoms. The third-order valence-electron chi connectivity index (χ3n) is 2.93. The van der Waals surface area contributed by atoms with Crippen LogP contribution in [0.3, 0.4) is 0 Å². The first kappa shape index (κ1) is 17.2. The van der Waals surface area contributed by atoms with Crippen LogP contribution in [0.2, 0.25) is 0 Å². The molecule has 0 atom stereocenters. The number of fused-ring (bicyclic) bond motifs is 2. The van der Waals surface area contributed by atoms with E-state index in [-0.39, 0.29) is 49.2 Å². The van der Waals surface area contributed by atoms with E-state index in [0.717, 1.165) is 0 Å². The minimum Gasteiger partial charge on any atom is -0.422 e. The second-order valence-corrected chi connectivity index (χ2v) is 4.38. The Balaban J connectivity index is 0.000000173. The van der Waals surface area contributed by atoms with Crippen LogP contribution in [0.5, 0.6) is 0 Å². The minimum atomic E-state index is -0.657. The van der Waals surface area contributed by atoms with Crippen molar-refractivity contribution in [3.8, 4) is 0 Å². The number of aromatic nitrogens is 8. The van der Waals surface area contributed by atoms with Gasteiger partial charge >= 0.3 is 11.1 Å². The van der Waals surface area contributed by atoms with E-state index in [1.54, 1.807) is 0 Å². The van der Waals surface area contributed by atoms with E-state index in [2.05, 4.69) is 29.9 Å². The normalized spacial score (nSPS) is 10.2. The fourth-order valence-corrected chi connectivity index (χ4v) is 1.79. The standard InChI is InChI=1S/2C5H5N5O2.H2O/c2*6-5-9-3-2(7-1-8-3)4(11)10(5)12;/h2*1,12H,(H2,6,9)(H,7,8);1H2. The number of hydrogen-bond donors (Lipinski definition) is 6. The Morgan fingerprint density at radius 2 is 1.20 bits per heavy atom. The summed E-state index contributed by atoms with van der Waals surface area (Å²) < 4.78 is 0.529. The maximum atomic E-state index is 11.1. The topological polar surface area (TPSA) is 251 Å². The van der Waals surface area contributed by atoms with Gasteiger partial charge < -0.3 is 37.3 Å². The number of nitrogens with one attached hydrogen (secondary N) is 2. The summed E-state index contributed by atoms with van der Waals surface area (Å²) in [6.07, 6.45) is 2.61. The molecular weight excluding hydrogens is 340 g/mol. The SMILES string of the molecule is Nc1nc2nc[nH]c2c(=O)n1O.Nc1nc2nc[nH]c2c(=O)n1O.O. The molecule has 0 fully saturated rings. The molecule has 4 aromatic rings. The highest BCUT2D eigenvalue weighted by molar-refractivity contribution is 5.70. The Hall–Kier alpha value is -4.14. The number of anilines is 2. The maximum Gasteiger partial charge on any atom is 0.313 e. The molecule has 4 rings (SSSR count). The fourth-order valence-electron chi connectivity index (χ4n) is 1.79. The van der Waals surface area contributed by atoms with Crippen molar-refractivity contribution in [3.63, 3.8) is 0 Å². The van der Waals surface area contributed by atoms with E-state index in [9.17, 15) is 9.59 Å². The van der Waals surface area contributed by atoms with Crippen LogP contribution < -0.4 is 22.6 Å². The summed E-state index contributed by atoms with van der Waals surface area (Å²) in [5, 5.41) is 18.0. The van der Waals surface area contributed by atoms with Gasteiger partial charge in [0.15, 0.2) is 22.3 Å². The number of nitrogen functional groups attached to an aromatic ring is 2. The molecule has 10 N–H and O–H groups in total. The van der Waals surface area contributed by atoms with Crippen LogP contribution in [0.1, 0.15) is 0 Å². The van der Waals surface area contributed by atoms with Gasteiger partial charge in [0.2, 0.25) is 11.9 Å². The lowest BCUT2D eigenvalue weighted by atomic mass is 10.5. The van der Waals surface area contributed by atoms with Crippen molar-refractivity contribution in [2.45, 2.75) is 0 Å². The van der Waals surface area contributed by atoms with Gasteiger partial charge in [0.1, 0.15) is 0 Å². The zero-order chi connectivity index (χ0) is 17.4. The molecule has 0 aromatic carbocycles. The summed E-state index contributed by atoms with van der Waals surface area (Å²) in [4.78, 5) is 42.0. The van der Waals surface area contributed by atoms with Crippen molar-refractivity contribution in [2.75, 3.05) is 11.5 Å². The van der Waals surface area contributed by atoms with Crippen LogP contribution in [0.4, 0.5) is 11.9 Å². The molecule has 0 aliphatic heterocycles. The molecule has 0 aliphatic carbocycles. The third-order valence-corrected chi connectivity index (χ3v) is 2.93. The Bertz CT molecular complexity index is 1060. The molecule has 4 heterocycles.